The summed E-state index contributed by atoms with van der Waals surface area (Å²) in [6, 6.07) is 5.57. The maximum absolute atomic E-state index is 12.5. The number of carbonyl (C=O) groups excluding carboxylic acids is 3. The zero-order chi connectivity index (χ0) is 31.5. The molecule has 3 amide bonds. The summed E-state index contributed by atoms with van der Waals surface area (Å²) >= 11 is 0. The highest BCUT2D eigenvalue weighted by molar-refractivity contribution is 7.85. The number of hydrogen-bond acceptors (Lipinski definition) is 6. The number of nitrogens with one attached hydrogen (secondary N) is 1. The van der Waals surface area contributed by atoms with E-state index < -0.39 is 28.9 Å². The van der Waals surface area contributed by atoms with Gasteiger partial charge in [0.05, 0.1) is 11.5 Å². The van der Waals surface area contributed by atoms with Crippen molar-refractivity contribution in [2.75, 3.05) is 31.3 Å². The highest BCUT2D eigenvalue weighted by Crippen LogP contribution is 2.13. The number of unbranched alkanes of at least 4 members (excludes halogenated alkanes) is 14. The summed E-state index contributed by atoms with van der Waals surface area (Å²) in [4.78, 5) is 37.4. The van der Waals surface area contributed by atoms with Crippen molar-refractivity contribution in [3.05, 3.63) is 30.1 Å². The van der Waals surface area contributed by atoms with Crippen LogP contribution < -0.4 is 33.9 Å². The first-order valence-electron chi connectivity index (χ1n) is 16.6. The van der Waals surface area contributed by atoms with Crippen LogP contribution >= 0.6 is 0 Å². The molecular formula is C33H58IN3O6S. The van der Waals surface area contributed by atoms with Crippen LogP contribution in [0.25, 0.3) is 0 Å². The molecule has 1 aromatic rings. The molecule has 0 saturated carbocycles. The predicted octanol–water partition coefficient (Wildman–Crippen LogP) is 3.83. The maximum atomic E-state index is 12.5. The van der Waals surface area contributed by atoms with Gasteiger partial charge in [0.1, 0.15) is 26.3 Å². The number of amides is 3. The van der Waals surface area contributed by atoms with Gasteiger partial charge in [0.2, 0.25) is 11.6 Å². The molecule has 0 aromatic carbocycles. The summed E-state index contributed by atoms with van der Waals surface area (Å²) in [5.41, 5.74) is 0.802. The minimum Gasteiger partial charge on any atom is -1.00 e. The van der Waals surface area contributed by atoms with Gasteiger partial charge in [-0.15, -0.1) is 0 Å². The van der Waals surface area contributed by atoms with Gasteiger partial charge in [0.25, 0.3) is 0 Å². The van der Waals surface area contributed by atoms with Crippen molar-refractivity contribution in [3.63, 3.8) is 0 Å². The number of aryl methyl sites for hydroxylation is 1. The molecule has 0 bridgehead atoms. The number of carbonyl (C=O) groups is 3. The zero-order valence-electron chi connectivity index (χ0n) is 27.5. The number of rotatable bonds is 25. The normalized spacial score (nSPS) is 11.3. The number of imide groups is 1. The SMILES string of the molecule is CCCCCCCCCCCCCCCCCNC(=O)OCCS(=O)CCOC(=O)N(Cc1cccc[n+]1CC)C(C)=O.[I-]. The fourth-order valence-electron chi connectivity index (χ4n) is 4.80. The Kier molecular flexibility index (Phi) is 27.5. The monoisotopic (exact) mass is 751 g/mol. The van der Waals surface area contributed by atoms with Gasteiger partial charge in [-0.25, -0.2) is 19.1 Å². The molecule has 11 heteroatoms. The number of alkyl carbamates (subject to hydrolysis) is 1. The minimum atomic E-state index is -1.33. The van der Waals surface area contributed by atoms with Gasteiger partial charge in [-0.3, -0.25) is 9.00 Å². The zero-order valence-corrected chi connectivity index (χ0v) is 30.5. The van der Waals surface area contributed by atoms with Crippen LogP contribution in [-0.2, 0) is 38.2 Å². The molecule has 1 rings (SSSR count). The number of nitrogens with zero attached hydrogens (tertiary/aromatic N) is 2. The standard InChI is InChI=1S/C33H57N3O6S.HI/c1-4-6-7-8-9-10-11-12-13-14-15-16-17-18-20-23-34-32(38)41-25-27-43(40)28-26-42-33(39)36(30(3)37)29-31-22-19-21-24-35(31)5-2;/h19,21-22,24H,4-18,20,23,25-29H2,1-3H3;1H. The molecule has 44 heavy (non-hydrogen) atoms. The summed E-state index contributed by atoms with van der Waals surface area (Å²) in [6.07, 6.45) is 20.1. The Labute approximate surface area is 286 Å². The molecule has 0 radical (unpaired) electrons. The molecule has 9 nitrogen and oxygen atoms in total. The van der Waals surface area contributed by atoms with Gasteiger partial charge in [0.15, 0.2) is 6.20 Å². The van der Waals surface area contributed by atoms with E-state index >= 15 is 0 Å². The van der Waals surface area contributed by atoms with Crippen LogP contribution in [0.3, 0.4) is 0 Å². The maximum Gasteiger partial charge on any atom is 0.417 e. The lowest BCUT2D eigenvalue weighted by Gasteiger charge is -2.17. The number of aromatic nitrogens is 1. The van der Waals surface area contributed by atoms with Crippen LogP contribution in [-0.4, -0.2) is 58.5 Å². The fraction of sp³-hybridized carbons (Fsp3) is 0.758. The Morgan fingerprint density at radius 3 is 1.84 bits per heavy atom. The molecule has 1 heterocycles. The Balaban J connectivity index is 0.0000185. The molecule has 0 saturated heterocycles. The van der Waals surface area contributed by atoms with E-state index in [2.05, 4.69) is 12.2 Å². The van der Waals surface area contributed by atoms with Crippen LogP contribution in [0.4, 0.5) is 9.59 Å². The van der Waals surface area contributed by atoms with Crippen LogP contribution in [0, 0.1) is 0 Å². The van der Waals surface area contributed by atoms with Gasteiger partial charge >= 0.3 is 12.2 Å². The van der Waals surface area contributed by atoms with Crippen LogP contribution in [0.15, 0.2) is 24.4 Å². The van der Waals surface area contributed by atoms with E-state index in [9.17, 15) is 18.6 Å². The lowest BCUT2D eigenvalue weighted by molar-refractivity contribution is -0.701. The third-order valence-corrected chi connectivity index (χ3v) is 8.67. The van der Waals surface area contributed by atoms with E-state index in [-0.39, 0.29) is 55.2 Å². The van der Waals surface area contributed by atoms with Crippen molar-refractivity contribution in [1.29, 1.82) is 0 Å². The van der Waals surface area contributed by atoms with E-state index in [0.717, 1.165) is 23.4 Å². The number of hydrogen-bond donors (Lipinski definition) is 1. The van der Waals surface area contributed by atoms with Gasteiger partial charge in [-0.1, -0.05) is 103 Å². The fourth-order valence-corrected chi connectivity index (χ4v) is 5.54. The molecule has 254 valence electrons. The van der Waals surface area contributed by atoms with E-state index in [0.29, 0.717) is 13.1 Å². The topological polar surface area (TPSA) is 106 Å². The highest BCUT2D eigenvalue weighted by atomic mass is 127. The van der Waals surface area contributed by atoms with E-state index in [1.54, 1.807) is 0 Å². The lowest BCUT2D eigenvalue weighted by atomic mass is 10.0. The Hall–Kier alpha value is -1.76. The molecule has 0 fully saturated rings. The first-order valence-corrected chi connectivity index (χ1v) is 18.1. The van der Waals surface area contributed by atoms with Crippen LogP contribution in [0.2, 0.25) is 0 Å². The molecule has 0 aliphatic heterocycles. The number of ether oxygens (including phenoxy) is 2. The van der Waals surface area contributed by atoms with Gasteiger partial charge in [-0.05, 0) is 13.3 Å². The second kappa shape index (κ2) is 28.7. The molecule has 1 unspecified atom stereocenters. The van der Waals surface area contributed by atoms with Gasteiger partial charge in [-0.2, -0.15) is 0 Å². The third-order valence-electron chi connectivity index (χ3n) is 7.43. The quantitative estimate of drug-likeness (QED) is 0.0926. The summed E-state index contributed by atoms with van der Waals surface area (Å²) < 4.78 is 24.5. The first-order chi connectivity index (χ1) is 20.9. The summed E-state index contributed by atoms with van der Waals surface area (Å²) in [7, 11) is -1.33. The first kappa shape index (κ1) is 42.2. The second-order valence-electron chi connectivity index (χ2n) is 11.1. The Bertz CT molecular complexity index is 937. The molecule has 0 aliphatic carbocycles. The summed E-state index contributed by atoms with van der Waals surface area (Å²) in [5.74, 6) is -0.177. The Morgan fingerprint density at radius 2 is 1.32 bits per heavy atom. The van der Waals surface area contributed by atoms with E-state index in [1.165, 1.54) is 90.4 Å². The largest absolute Gasteiger partial charge is 1.00 e. The smallest absolute Gasteiger partial charge is 0.417 e. The highest BCUT2D eigenvalue weighted by Gasteiger charge is 2.24. The second-order valence-corrected chi connectivity index (χ2v) is 12.8. The van der Waals surface area contributed by atoms with Crippen molar-refractivity contribution >= 4 is 28.9 Å². The molecular weight excluding hydrogens is 693 g/mol. The molecule has 1 N–H and O–H groups in total. The van der Waals surface area contributed by atoms with Crippen molar-refractivity contribution in [2.24, 2.45) is 0 Å². The average molecular weight is 752 g/mol. The Morgan fingerprint density at radius 1 is 0.795 bits per heavy atom. The third kappa shape index (κ3) is 21.9. The summed E-state index contributed by atoms with van der Waals surface area (Å²) in [5, 5.41) is 2.74. The average Bonchev–Trinajstić information content (AvgIpc) is 2.99. The molecule has 1 aromatic heterocycles. The predicted molar refractivity (Wildman–Crippen MR) is 172 cm³/mol. The van der Waals surface area contributed by atoms with Crippen LogP contribution in [0.1, 0.15) is 123 Å². The minimum absolute atomic E-state index is 0. The molecule has 1 atom stereocenters. The summed E-state index contributed by atoms with van der Waals surface area (Å²) in [6.45, 7) is 6.84. The van der Waals surface area contributed by atoms with Crippen molar-refractivity contribution in [2.45, 2.75) is 130 Å². The van der Waals surface area contributed by atoms with Crippen molar-refractivity contribution < 1.29 is 56.6 Å². The number of halogens is 1. The number of pyridine rings is 1. The van der Waals surface area contributed by atoms with E-state index in [1.807, 2.05) is 35.9 Å². The molecule has 0 aliphatic rings. The van der Waals surface area contributed by atoms with Crippen LogP contribution in [0.5, 0.6) is 0 Å². The van der Waals surface area contributed by atoms with Gasteiger partial charge < -0.3 is 38.8 Å². The lowest BCUT2D eigenvalue weighted by Crippen LogP contribution is -3.00. The van der Waals surface area contributed by atoms with Crippen molar-refractivity contribution in [1.82, 2.24) is 10.2 Å². The molecule has 0 spiro atoms. The van der Waals surface area contributed by atoms with E-state index in [4.69, 9.17) is 9.47 Å². The van der Waals surface area contributed by atoms with Gasteiger partial charge in [0, 0.05) is 36.4 Å². The van der Waals surface area contributed by atoms with Crippen molar-refractivity contribution in [3.8, 4) is 0 Å².